The highest BCUT2D eigenvalue weighted by Gasteiger charge is 2.36. The molecule has 1 saturated carbocycles. The molecule has 2 amide bonds. The predicted molar refractivity (Wildman–Crippen MR) is 74.0 cm³/mol. The highest BCUT2D eigenvalue weighted by atomic mass is 16.4. The van der Waals surface area contributed by atoms with Crippen molar-refractivity contribution in [2.75, 3.05) is 0 Å². The van der Waals surface area contributed by atoms with Crippen LogP contribution in [0.15, 0.2) is 0 Å². The molecule has 5 heteroatoms. The molecule has 0 saturated heterocycles. The molecule has 0 spiro atoms. The Morgan fingerprint density at radius 3 is 2.37 bits per heavy atom. The Hall–Kier alpha value is -1.26. The largest absolute Gasteiger partial charge is 0.480 e. The fourth-order valence-corrected chi connectivity index (χ4v) is 2.78. The molecule has 0 aromatic rings. The topological polar surface area (TPSA) is 78.4 Å². The molecule has 5 nitrogen and oxygen atoms in total. The van der Waals surface area contributed by atoms with E-state index < -0.39 is 11.5 Å². The molecule has 110 valence electrons. The number of carbonyl (C=O) groups is 2. The molecule has 4 atom stereocenters. The molecule has 0 aromatic heterocycles. The van der Waals surface area contributed by atoms with Crippen molar-refractivity contribution >= 4 is 12.0 Å². The van der Waals surface area contributed by atoms with Crippen LogP contribution in [0.3, 0.4) is 0 Å². The Balaban J connectivity index is 2.55. The lowest BCUT2D eigenvalue weighted by atomic mass is 9.93. The van der Waals surface area contributed by atoms with Crippen LogP contribution in [0.5, 0.6) is 0 Å². The van der Waals surface area contributed by atoms with E-state index in [0.29, 0.717) is 18.3 Å². The number of nitrogens with one attached hydrogen (secondary N) is 2. The van der Waals surface area contributed by atoms with E-state index in [1.54, 1.807) is 6.92 Å². The molecule has 0 heterocycles. The molecule has 1 aliphatic carbocycles. The number of amides is 2. The van der Waals surface area contributed by atoms with Crippen molar-refractivity contribution in [2.24, 2.45) is 11.8 Å². The minimum atomic E-state index is -1.20. The maximum absolute atomic E-state index is 11.9. The first-order chi connectivity index (χ1) is 8.84. The van der Waals surface area contributed by atoms with E-state index in [9.17, 15) is 9.59 Å². The summed E-state index contributed by atoms with van der Waals surface area (Å²) < 4.78 is 0. The van der Waals surface area contributed by atoms with Crippen molar-refractivity contribution in [3.8, 4) is 0 Å². The van der Waals surface area contributed by atoms with E-state index >= 15 is 0 Å². The van der Waals surface area contributed by atoms with Gasteiger partial charge in [0.25, 0.3) is 0 Å². The molecule has 0 aliphatic heterocycles. The number of carboxylic acids is 1. The van der Waals surface area contributed by atoms with Crippen LogP contribution in [0, 0.1) is 11.8 Å². The van der Waals surface area contributed by atoms with E-state index in [1.807, 2.05) is 0 Å². The van der Waals surface area contributed by atoms with Crippen LogP contribution in [0.2, 0.25) is 0 Å². The molecule has 1 fully saturated rings. The second-order valence-electron chi connectivity index (χ2n) is 5.80. The number of carbonyl (C=O) groups excluding carboxylic acids is 1. The maximum atomic E-state index is 11.9. The summed E-state index contributed by atoms with van der Waals surface area (Å²) in [4.78, 5) is 23.1. The molecule has 19 heavy (non-hydrogen) atoms. The average Bonchev–Trinajstić information content (AvgIpc) is 2.70. The standard InChI is InChI=1S/C14H26N2O3/c1-5-10-7-8-11(9(10)3)15-13(19)16-14(4,6-2)12(17)18/h9-11H,5-8H2,1-4H3,(H,17,18)(H2,15,16,19). The van der Waals surface area contributed by atoms with Gasteiger partial charge in [0.1, 0.15) is 5.54 Å². The maximum Gasteiger partial charge on any atom is 0.329 e. The molecule has 1 rings (SSSR count). The van der Waals surface area contributed by atoms with Crippen molar-refractivity contribution in [2.45, 2.75) is 65.0 Å². The summed E-state index contributed by atoms with van der Waals surface area (Å²) in [6.45, 7) is 7.60. The molecule has 1 aliphatic rings. The lowest BCUT2D eigenvalue weighted by molar-refractivity contribution is -0.143. The van der Waals surface area contributed by atoms with Crippen molar-refractivity contribution < 1.29 is 14.7 Å². The van der Waals surface area contributed by atoms with Gasteiger partial charge in [-0.05, 0) is 38.0 Å². The van der Waals surface area contributed by atoms with Gasteiger partial charge in [0.05, 0.1) is 0 Å². The molecule has 0 aromatic carbocycles. The summed E-state index contributed by atoms with van der Waals surface area (Å²) in [5, 5.41) is 14.6. The third-order valence-corrected chi connectivity index (χ3v) is 4.64. The van der Waals surface area contributed by atoms with Crippen LogP contribution in [0.4, 0.5) is 4.79 Å². The van der Waals surface area contributed by atoms with Gasteiger partial charge in [-0.2, -0.15) is 0 Å². The quantitative estimate of drug-likeness (QED) is 0.717. The Bertz CT molecular complexity index is 346. The molecule has 0 radical (unpaired) electrons. The molecule has 3 N–H and O–H groups in total. The van der Waals surface area contributed by atoms with Gasteiger partial charge in [-0.15, -0.1) is 0 Å². The number of urea groups is 1. The third-order valence-electron chi connectivity index (χ3n) is 4.64. The van der Waals surface area contributed by atoms with E-state index in [4.69, 9.17) is 5.11 Å². The second kappa shape index (κ2) is 6.26. The minimum absolute atomic E-state index is 0.153. The SMILES string of the molecule is CCC1CCC(NC(=O)NC(C)(CC)C(=O)O)C1C. The zero-order chi connectivity index (χ0) is 14.6. The predicted octanol–water partition coefficient (Wildman–Crippen LogP) is 2.36. The van der Waals surface area contributed by atoms with Crippen molar-refractivity contribution in [3.63, 3.8) is 0 Å². The Labute approximate surface area is 115 Å². The normalized spacial score (nSPS) is 29.6. The number of hydrogen-bond donors (Lipinski definition) is 3. The first-order valence-electron chi connectivity index (χ1n) is 7.16. The fraction of sp³-hybridized carbons (Fsp3) is 0.857. The summed E-state index contributed by atoms with van der Waals surface area (Å²) in [6, 6.07) is -0.222. The van der Waals surface area contributed by atoms with Gasteiger partial charge in [0.2, 0.25) is 0 Å². The van der Waals surface area contributed by atoms with Crippen molar-refractivity contribution in [3.05, 3.63) is 0 Å². The van der Waals surface area contributed by atoms with Crippen LogP contribution in [0.1, 0.15) is 53.4 Å². The Kier molecular flexibility index (Phi) is 5.20. The monoisotopic (exact) mass is 270 g/mol. The second-order valence-corrected chi connectivity index (χ2v) is 5.80. The zero-order valence-electron chi connectivity index (χ0n) is 12.3. The van der Waals surface area contributed by atoms with E-state index in [2.05, 4.69) is 24.5 Å². The van der Waals surface area contributed by atoms with Gasteiger partial charge in [-0.25, -0.2) is 9.59 Å². The molecular weight excluding hydrogens is 244 g/mol. The summed E-state index contributed by atoms with van der Waals surface area (Å²) in [6.07, 6.45) is 3.59. The van der Waals surface area contributed by atoms with Gasteiger partial charge >= 0.3 is 12.0 Å². The summed E-state index contributed by atoms with van der Waals surface area (Å²) in [7, 11) is 0. The summed E-state index contributed by atoms with van der Waals surface area (Å²) in [5.74, 6) is 0.104. The zero-order valence-corrected chi connectivity index (χ0v) is 12.3. The Morgan fingerprint density at radius 2 is 1.95 bits per heavy atom. The van der Waals surface area contributed by atoms with E-state index in [-0.39, 0.29) is 12.1 Å². The van der Waals surface area contributed by atoms with Crippen LogP contribution in [-0.4, -0.2) is 28.7 Å². The lowest BCUT2D eigenvalue weighted by Gasteiger charge is -2.27. The van der Waals surface area contributed by atoms with Crippen LogP contribution in [0.25, 0.3) is 0 Å². The van der Waals surface area contributed by atoms with Crippen LogP contribution in [-0.2, 0) is 4.79 Å². The number of aliphatic carboxylic acids is 1. The van der Waals surface area contributed by atoms with Gasteiger partial charge < -0.3 is 15.7 Å². The van der Waals surface area contributed by atoms with Crippen molar-refractivity contribution in [1.29, 1.82) is 0 Å². The van der Waals surface area contributed by atoms with Gasteiger partial charge in [0.15, 0.2) is 0 Å². The molecule has 4 unspecified atom stereocenters. The number of hydrogen-bond acceptors (Lipinski definition) is 2. The number of carboxylic acid groups (broad SMARTS) is 1. The summed E-state index contributed by atoms with van der Waals surface area (Å²) >= 11 is 0. The van der Waals surface area contributed by atoms with E-state index in [1.165, 1.54) is 6.92 Å². The first kappa shape index (κ1) is 15.8. The molecular formula is C14H26N2O3. The third kappa shape index (κ3) is 3.61. The summed E-state index contributed by atoms with van der Waals surface area (Å²) in [5.41, 5.74) is -1.20. The van der Waals surface area contributed by atoms with Gasteiger partial charge in [-0.1, -0.05) is 27.2 Å². The Morgan fingerprint density at radius 1 is 1.32 bits per heavy atom. The highest BCUT2D eigenvalue weighted by Crippen LogP contribution is 2.33. The lowest BCUT2D eigenvalue weighted by Crippen LogP contribution is -2.56. The van der Waals surface area contributed by atoms with Gasteiger partial charge in [0, 0.05) is 6.04 Å². The van der Waals surface area contributed by atoms with Crippen LogP contribution < -0.4 is 10.6 Å². The van der Waals surface area contributed by atoms with Crippen LogP contribution >= 0.6 is 0 Å². The number of rotatable bonds is 5. The van der Waals surface area contributed by atoms with Crippen molar-refractivity contribution in [1.82, 2.24) is 10.6 Å². The fourth-order valence-electron chi connectivity index (χ4n) is 2.78. The smallest absolute Gasteiger partial charge is 0.329 e. The first-order valence-corrected chi connectivity index (χ1v) is 7.16. The van der Waals surface area contributed by atoms with Gasteiger partial charge in [-0.3, -0.25) is 0 Å². The molecule has 0 bridgehead atoms. The average molecular weight is 270 g/mol. The van der Waals surface area contributed by atoms with E-state index in [0.717, 1.165) is 19.3 Å². The minimum Gasteiger partial charge on any atom is -0.480 e. The highest BCUT2D eigenvalue weighted by molar-refractivity contribution is 5.85.